The van der Waals surface area contributed by atoms with E-state index in [0.717, 1.165) is 25.4 Å². The third-order valence-corrected chi connectivity index (χ3v) is 6.67. The van der Waals surface area contributed by atoms with Crippen molar-refractivity contribution in [2.45, 2.75) is 45.2 Å². The van der Waals surface area contributed by atoms with E-state index < -0.39 is 0 Å². The molecule has 3 heteroatoms. The number of unbranched alkanes of at least 4 members (excludes halogenated alkanes) is 2. The summed E-state index contributed by atoms with van der Waals surface area (Å²) in [6.07, 6.45) is 3.93. The molecule has 3 aromatic carbocycles. The molecule has 1 saturated heterocycles. The summed E-state index contributed by atoms with van der Waals surface area (Å²) in [6, 6.07) is 25.0. The second-order valence-electron chi connectivity index (χ2n) is 8.88. The zero-order valence-electron chi connectivity index (χ0n) is 19.3. The van der Waals surface area contributed by atoms with Crippen molar-refractivity contribution >= 4 is 10.8 Å². The van der Waals surface area contributed by atoms with Gasteiger partial charge in [0.15, 0.2) is 0 Å². The van der Waals surface area contributed by atoms with Crippen molar-refractivity contribution in [1.29, 1.82) is 0 Å². The molecule has 0 aromatic heterocycles. The second kappa shape index (κ2) is 10.3. The Morgan fingerprint density at radius 2 is 1.71 bits per heavy atom. The van der Waals surface area contributed by atoms with Gasteiger partial charge in [-0.25, -0.2) is 0 Å². The maximum absolute atomic E-state index is 5.57. The van der Waals surface area contributed by atoms with Crippen LogP contribution in [0.1, 0.15) is 50.3 Å². The fourth-order valence-electron chi connectivity index (χ4n) is 4.98. The molecule has 0 N–H and O–H groups in total. The number of ether oxygens (including phenoxy) is 1. The molecule has 1 fully saturated rings. The Hall–Kier alpha value is -2.36. The van der Waals surface area contributed by atoms with Crippen molar-refractivity contribution in [3.63, 3.8) is 0 Å². The molecule has 3 aromatic rings. The fourth-order valence-corrected chi connectivity index (χ4v) is 4.98. The zero-order chi connectivity index (χ0) is 21.6. The lowest BCUT2D eigenvalue weighted by molar-refractivity contribution is 0.0599. The van der Waals surface area contributed by atoms with Crippen LogP contribution in [0.3, 0.4) is 0 Å². The highest BCUT2D eigenvalue weighted by Gasteiger charge is 2.31. The molecule has 0 saturated carbocycles. The molecular formula is C28H36N2O. The average Bonchev–Trinajstić information content (AvgIpc) is 2.81. The van der Waals surface area contributed by atoms with E-state index in [1.165, 1.54) is 47.7 Å². The Labute approximate surface area is 187 Å². The predicted molar refractivity (Wildman–Crippen MR) is 131 cm³/mol. The van der Waals surface area contributed by atoms with Crippen LogP contribution in [0.4, 0.5) is 0 Å². The molecule has 0 aliphatic carbocycles. The molecule has 1 heterocycles. The van der Waals surface area contributed by atoms with Gasteiger partial charge in [0.1, 0.15) is 5.75 Å². The van der Waals surface area contributed by atoms with Crippen molar-refractivity contribution < 1.29 is 4.74 Å². The Bertz CT molecular complexity index is 985. The molecular weight excluding hydrogens is 380 g/mol. The first kappa shape index (κ1) is 21.9. The van der Waals surface area contributed by atoms with Gasteiger partial charge in [0.2, 0.25) is 0 Å². The summed E-state index contributed by atoms with van der Waals surface area (Å²) in [7, 11) is 1.75. The topological polar surface area (TPSA) is 15.7 Å². The minimum Gasteiger partial charge on any atom is -0.497 e. The van der Waals surface area contributed by atoms with E-state index in [1.807, 2.05) is 6.07 Å². The van der Waals surface area contributed by atoms with Crippen LogP contribution in [-0.4, -0.2) is 49.1 Å². The highest BCUT2D eigenvalue weighted by molar-refractivity contribution is 5.83. The largest absolute Gasteiger partial charge is 0.497 e. The number of hydrogen-bond donors (Lipinski definition) is 0. The molecule has 1 aliphatic rings. The first-order valence-corrected chi connectivity index (χ1v) is 11.8. The Balaban J connectivity index is 1.65. The highest BCUT2D eigenvalue weighted by Crippen LogP contribution is 2.35. The maximum Gasteiger partial charge on any atom is 0.119 e. The first-order chi connectivity index (χ1) is 15.2. The van der Waals surface area contributed by atoms with Gasteiger partial charge in [-0.05, 0) is 60.0 Å². The van der Waals surface area contributed by atoms with Crippen LogP contribution in [0.2, 0.25) is 0 Å². The second-order valence-corrected chi connectivity index (χ2v) is 8.88. The fraction of sp³-hybridized carbons (Fsp3) is 0.429. The van der Waals surface area contributed by atoms with Crippen LogP contribution in [0, 0.1) is 0 Å². The number of methoxy groups -OCH3 is 1. The van der Waals surface area contributed by atoms with Gasteiger partial charge in [0.05, 0.1) is 13.2 Å². The summed E-state index contributed by atoms with van der Waals surface area (Å²) in [6.45, 7) is 9.26. The first-order valence-electron chi connectivity index (χ1n) is 11.8. The number of fused-ring (bicyclic) bond motifs is 1. The highest BCUT2D eigenvalue weighted by atomic mass is 16.5. The van der Waals surface area contributed by atoms with Crippen molar-refractivity contribution in [2.75, 3.05) is 33.3 Å². The van der Waals surface area contributed by atoms with Crippen molar-refractivity contribution in [3.8, 4) is 5.75 Å². The van der Waals surface area contributed by atoms with Gasteiger partial charge in [-0.2, -0.15) is 0 Å². The van der Waals surface area contributed by atoms with E-state index in [4.69, 9.17) is 4.74 Å². The lowest BCUT2D eigenvalue weighted by Crippen LogP contribution is -2.53. The van der Waals surface area contributed by atoms with E-state index in [-0.39, 0.29) is 6.04 Å². The molecule has 4 rings (SSSR count). The SMILES string of the molecule is CCCCCN1CCN(C(c2cccc(OC)c2)c2ccc3ccccc3c2)C(C)C1. The van der Waals surface area contributed by atoms with Crippen LogP contribution in [-0.2, 0) is 0 Å². The summed E-state index contributed by atoms with van der Waals surface area (Å²) in [4.78, 5) is 5.34. The van der Waals surface area contributed by atoms with Crippen molar-refractivity contribution in [1.82, 2.24) is 9.80 Å². The van der Waals surface area contributed by atoms with Gasteiger partial charge in [-0.15, -0.1) is 0 Å². The van der Waals surface area contributed by atoms with E-state index in [2.05, 4.69) is 84.3 Å². The molecule has 1 aliphatic heterocycles. The van der Waals surface area contributed by atoms with Gasteiger partial charge < -0.3 is 9.64 Å². The average molecular weight is 417 g/mol. The lowest BCUT2D eigenvalue weighted by Gasteiger charge is -2.44. The van der Waals surface area contributed by atoms with E-state index in [9.17, 15) is 0 Å². The Morgan fingerprint density at radius 1 is 0.903 bits per heavy atom. The van der Waals surface area contributed by atoms with Crippen molar-refractivity contribution in [3.05, 3.63) is 77.9 Å². The number of benzene rings is 3. The molecule has 0 radical (unpaired) electrons. The third-order valence-electron chi connectivity index (χ3n) is 6.67. The molecule has 2 atom stereocenters. The summed E-state index contributed by atoms with van der Waals surface area (Å²) in [5.74, 6) is 0.925. The van der Waals surface area contributed by atoms with Crippen LogP contribution in [0.15, 0.2) is 66.7 Å². The molecule has 2 unspecified atom stereocenters. The molecule has 164 valence electrons. The van der Waals surface area contributed by atoms with Gasteiger partial charge in [-0.3, -0.25) is 4.90 Å². The predicted octanol–water partition coefficient (Wildman–Crippen LogP) is 6.13. The quantitative estimate of drug-likeness (QED) is 0.411. The summed E-state index contributed by atoms with van der Waals surface area (Å²) in [5.41, 5.74) is 2.67. The number of hydrogen-bond acceptors (Lipinski definition) is 3. The lowest BCUT2D eigenvalue weighted by atomic mass is 9.93. The number of nitrogens with zero attached hydrogens (tertiary/aromatic N) is 2. The zero-order valence-corrected chi connectivity index (χ0v) is 19.3. The van der Waals surface area contributed by atoms with Crippen LogP contribution >= 0.6 is 0 Å². The standard InChI is InChI=1S/C28H36N2O/c1-4-5-8-16-29-17-18-30(22(2)21-29)28(25-12-9-13-27(20-25)31-3)26-15-14-23-10-6-7-11-24(23)19-26/h6-7,9-15,19-20,22,28H,4-5,8,16-18,21H2,1-3H3. The molecule has 31 heavy (non-hydrogen) atoms. The normalized spacial score (nSPS) is 18.9. The van der Waals surface area contributed by atoms with E-state index >= 15 is 0 Å². The van der Waals surface area contributed by atoms with Gasteiger partial charge in [0, 0.05) is 25.7 Å². The van der Waals surface area contributed by atoms with Gasteiger partial charge in [0.25, 0.3) is 0 Å². The van der Waals surface area contributed by atoms with Crippen LogP contribution in [0.5, 0.6) is 5.75 Å². The number of piperazine rings is 1. The Morgan fingerprint density at radius 3 is 2.48 bits per heavy atom. The Kier molecular flexibility index (Phi) is 7.26. The van der Waals surface area contributed by atoms with Gasteiger partial charge >= 0.3 is 0 Å². The summed E-state index contributed by atoms with van der Waals surface area (Å²) < 4.78 is 5.57. The molecule has 0 bridgehead atoms. The minimum absolute atomic E-state index is 0.229. The van der Waals surface area contributed by atoms with Gasteiger partial charge in [-0.1, -0.05) is 68.3 Å². The molecule has 0 amide bonds. The van der Waals surface area contributed by atoms with Crippen LogP contribution < -0.4 is 4.74 Å². The molecule has 3 nitrogen and oxygen atoms in total. The van der Waals surface area contributed by atoms with Crippen LogP contribution in [0.25, 0.3) is 10.8 Å². The maximum atomic E-state index is 5.57. The number of rotatable bonds is 8. The van der Waals surface area contributed by atoms with E-state index in [0.29, 0.717) is 6.04 Å². The monoisotopic (exact) mass is 416 g/mol. The smallest absolute Gasteiger partial charge is 0.119 e. The third kappa shape index (κ3) is 5.11. The minimum atomic E-state index is 0.229. The van der Waals surface area contributed by atoms with E-state index in [1.54, 1.807) is 7.11 Å². The summed E-state index contributed by atoms with van der Waals surface area (Å²) in [5, 5.41) is 2.60. The molecule has 0 spiro atoms. The summed E-state index contributed by atoms with van der Waals surface area (Å²) >= 11 is 0. The van der Waals surface area contributed by atoms with Crippen molar-refractivity contribution in [2.24, 2.45) is 0 Å².